The van der Waals surface area contributed by atoms with Crippen molar-refractivity contribution < 1.29 is 17.7 Å². The van der Waals surface area contributed by atoms with Crippen molar-refractivity contribution in [1.29, 1.82) is 0 Å². The van der Waals surface area contributed by atoms with Crippen molar-refractivity contribution in [2.75, 3.05) is 17.3 Å². The van der Waals surface area contributed by atoms with Gasteiger partial charge in [-0.25, -0.2) is 0 Å². The average Bonchev–Trinajstić information content (AvgIpc) is 3.40. The van der Waals surface area contributed by atoms with Crippen LogP contribution in [-0.4, -0.2) is 27.0 Å². The minimum atomic E-state index is -4.71. The Kier molecular flexibility index (Phi) is 5.28. The van der Waals surface area contributed by atoms with Crippen molar-refractivity contribution in [3.8, 4) is 11.4 Å². The summed E-state index contributed by atoms with van der Waals surface area (Å²) in [4.78, 5) is 29.1. The van der Waals surface area contributed by atoms with Gasteiger partial charge in [-0.05, 0) is 5.56 Å². The van der Waals surface area contributed by atoms with Crippen molar-refractivity contribution in [3.05, 3.63) is 74.1 Å². The van der Waals surface area contributed by atoms with Gasteiger partial charge < -0.3 is 14.7 Å². The van der Waals surface area contributed by atoms with Gasteiger partial charge in [-0.2, -0.15) is 23.3 Å². The fraction of sp³-hybridized carbons (Fsp3) is 0.250. The Bertz CT molecular complexity index is 1320. The molecular formula is C20H17F3N6O3. The largest absolute Gasteiger partial charge is 0.471 e. The van der Waals surface area contributed by atoms with Gasteiger partial charge in [0.05, 0.1) is 6.20 Å². The van der Waals surface area contributed by atoms with E-state index in [1.54, 1.807) is 60.3 Å². The summed E-state index contributed by atoms with van der Waals surface area (Å²) in [6.07, 6.45) is -1.26. The maximum Gasteiger partial charge on any atom is 0.471 e. The first-order valence-corrected chi connectivity index (χ1v) is 9.39. The second-order valence-corrected chi connectivity index (χ2v) is 7.23. The summed E-state index contributed by atoms with van der Waals surface area (Å²) in [7, 11) is 3.45. The third kappa shape index (κ3) is 4.11. The van der Waals surface area contributed by atoms with Gasteiger partial charge in [0.15, 0.2) is 0 Å². The van der Waals surface area contributed by atoms with Crippen molar-refractivity contribution in [3.63, 3.8) is 0 Å². The molecule has 2 heterocycles. The molecule has 0 bridgehead atoms. The van der Waals surface area contributed by atoms with E-state index in [0.717, 1.165) is 11.1 Å². The van der Waals surface area contributed by atoms with E-state index in [2.05, 4.69) is 25.1 Å². The highest BCUT2D eigenvalue weighted by molar-refractivity contribution is 5.75. The van der Waals surface area contributed by atoms with Crippen LogP contribution >= 0.6 is 0 Å². The zero-order chi connectivity index (χ0) is 23.0. The Hall–Kier alpha value is -3.96. The van der Waals surface area contributed by atoms with Crippen molar-refractivity contribution in [1.82, 2.24) is 19.9 Å². The summed E-state index contributed by atoms with van der Waals surface area (Å²) in [6, 6.07) is 6.45. The number of nitrogens with one attached hydrogen (secondary N) is 1. The fourth-order valence-corrected chi connectivity index (χ4v) is 3.23. The number of alkyl halides is 3. The summed E-state index contributed by atoms with van der Waals surface area (Å²) >= 11 is 0. The SMILES string of the molecule is CN(Cc1ccc(-c2noc(C(F)(F)F)n2)cc1)c1c(NCc2cnn(C)c2)c(=O)c1=O. The molecule has 2 aromatic heterocycles. The van der Waals surface area contributed by atoms with Crippen LogP contribution < -0.4 is 21.1 Å². The van der Waals surface area contributed by atoms with E-state index in [4.69, 9.17) is 0 Å². The summed E-state index contributed by atoms with van der Waals surface area (Å²) in [6.45, 7) is 0.644. The molecule has 0 fully saturated rings. The molecule has 0 saturated carbocycles. The van der Waals surface area contributed by atoms with Gasteiger partial charge in [-0.3, -0.25) is 14.3 Å². The Morgan fingerprint density at radius 2 is 1.84 bits per heavy atom. The lowest BCUT2D eigenvalue weighted by Crippen LogP contribution is -2.41. The Balaban J connectivity index is 1.45. The molecule has 4 rings (SSSR count). The highest BCUT2D eigenvalue weighted by Gasteiger charge is 2.38. The molecule has 0 unspecified atom stereocenters. The van der Waals surface area contributed by atoms with Gasteiger partial charge in [0.1, 0.15) is 11.4 Å². The van der Waals surface area contributed by atoms with Gasteiger partial charge in [-0.1, -0.05) is 29.4 Å². The summed E-state index contributed by atoms with van der Waals surface area (Å²) in [5, 5.41) is 10.4. The van der Waals surface area contributed by atoms with Gasteiger partial charge in [-0.15, -0.1) is 0 Å². The first-order chi connectivity index (χ1) is 15.1. The van der Waals surface area contributed by atoms with E-state index in [0.29, 0.717) is 18.7 Å². The molecule has 0 aliphatic rings. The zero-order valence-electron chi connectivity index (χ0n) is 17.0. The Morgan fingerprint density at radius 3 is 2.44 bits per heavy atom. The molecule has 12 heteroatoms. The van der Waals surface area contributed by atoms with Crippen molar-refractivity contribution >= 4 is 11.4 Å². The molecule has 4 aromatic rings. The average molecular weight is 446 g/mol. The van der Waals surface area contributed by atoms with Crippen LogP contribution in [0.5, 0.6) is 0 Å². The molecule has 2 aromatic carbocycles. The van der Waals surface area contributed by atoms with Crippen LogP contribution in [0, 0.1) is 0 Å². The first-order valence-electron chi connectivity index (χ1n) is 9.39. The maximum absolute atomic E-state index is 12.6. The fourth-order valence-electron chi connectivity index (χ4n) is 3.23. The van der Waals surface area contributed by atoms with Crippen LogP contribution in [-0.2, 0) is 26.3 Å². The topological polar surface area (TPSA) is 106 Å². The second kappa shape index (κ2) is 7.94. The predicted molar refractivity (Wildman–Crippen MR) is 109 cm³/mol. The Morgan fingerprint density at radius 1 is 1.12 bits per heavy atom. The molecule has 0 saturated heterocycles. The summed E-state index contributed by atoms with van der Waals surface area (Å²) in [5.41, 5.74) is 1.33. The van der Waals surface area contributed by atoms with E-state index >= 15 is 0 Å². The van der Waals surface area contributed by atoms with Gasteiger partial charge >= 0.3 is 12.1 Å². The third-order valence-corrected chi connectivity index (χ3v) is 4.79. The maximum atomic E-state index is 12.6. The van der Waals surface area contributed by atoms with E-state index in [-0.39, 0.29) is 17.2 Å². The molecule has 0 aliphatic carbocycles. The standard InChI is InChI=1S/C20H17F3N6O3/c1-28(15-14(16(30)17(15)31)24-7-12-8-25-29(2)10-12)9-11-3-5-13(6-4-11)18-26-19(32-27-18)20(21,22)23/h3-6,8,10,24H,7,9H2,1-2H3. The van der Waals surface area contributed by atoms with Gasteiger partial charge in [0.25, 0.3) is 10.9 Å². The van der Waals surface area contributed by atoms with Crippen LogP contribution in [0.3, 0.4) is 0 Å². The van der Waals surface area contributed by atoms with Crippen molar-refractivity contribution in [2.24, 2.45) is 7.05 Å². The highest BCUT2D eigenvalue weighted by atomic mass is 19.4. The molecular weight excluding hydrogens is 429 g/mol. The molecule has 9 nitrogen and oxygen atoms in total. The number of hydrogen-bond donors (Lipinski definition) is 1. The number of rotatable bonds is 7. The van der Waals surface area contributed by atoms with Crippen LogP contribution in [0.15, 0.2) is 50.8 Å². The molecule has 32 heavy (non-hydrogen) atoms. The summed E-state index contributed by atoms with van der Waals surface area (Å²) in [5.74, 6) is -1.59. The van der Waals surface area contributed by atoms with Gasteiger partial charge in [0.2, 0.25) is 5.82 Å². The monoisotopic (exact) mass is 446 g/mol. The summed E-state index contributed by atoms with van der Waals surface area (Å²) < 4.78 is 43.7. The molecule has 0 aliphatic heterocycles. The predicted octanol–water partition coefficient (Wildman–Crippen LogP) is 2.33. The second-order valence-electron chi connectivity index (χ2n) is 7.23. The highest BCUT2D eigenvalue weighted by Crippen LogP contribution is 2.29. The third-order valence-electron chi connectivity index (χ3n) is 4.79. The molecule has 0 radical (unpaired) electrons. The molecule has 0 amide bonds. The van der Waals surface area contributed by atoms with Crippen LogP contribution in [0.1, 0.15) is 17.0 Å². The smallest absolute Gasteiger partial charge is 0.376 e. The van der Waals surface area contributed by atoms with E-state index < -0.39 is 22.9 Å². The van der Waals surface area contributed by atoms with Crippen LogP contribution in [0.25, 0.3) is 11.4 Å². The molecule has 0 atom stereocenters. The van der Waals surface area contributed by atoms with Crippen LogP contribution in [0.2, 0.25) is 0 Å². The minimum absolute atomic E-state index is 0.179. The van der Waals surface area contributed by atoms with Crippen LogP contribution in [0.4, 0.5) is 24.5 Å². The quantitative estimate of drug-likeness (QED) is 0.431. The zero-order valence-corrected chi connectivity index (χ0v) is 17.0. The number of aryl methyl sites for hydroxylation is 1. The van der Waals surface area contributed by atoms with E-state index in [1.807, 2.05) is 0 Å². The number of nitrogens with zero attached hydrogens (tertiary/aromatic N) is 5. The molecule has 1 N–H and O–H groups in total. The number of aromatic nitrogens is 4. The first kappa shape index (κ1) is 21.3. The van der Waals surface area contributed by atoms with Crippen molar-refractivity contribution in [2.45, 2.75) is 19.3 Å². The molecule has 0 spiro atoms. The van der Waals surface area contributed by atoms with E-state index in [1.165, 1.54) is 0 Å². The lowest BCUT2D eigenvalue weighted by molar-refractivity contribution is -0.159. The lowest BCUT2D eigenvalue weighted by atomic mass is 10.1. The number of hydrogen-bond acceptors (Lipinski definition) is 8. The number of halogens is 3. The van der Waals surface area contributed by atoms with E-state index in [9.17, 15) is 22.8 Å². The normalized spacial score (nSPS) is 11.8. The number of anilines is 2. The molecule has 166 valence electrons. The Labute approximate surface area is 178 Å². The van der Waals surface area contributed by atoms with Gasteiger partial charge in [0, 0.05) is 44.5 Å². The minimum Gasteiger partial charge on any atom is -0.376 e. The number of benzene rings is 1. The lowest BCUT2D eigenvalue weighted by Gasteiger charge is -2.23.